The number of halogens is 2. The Labute approximate surface area is 201 Å². The summed E-state index contributed by atoms with van der Waals surface area (Å²) in [6.07, 6.45) is 5.18. The fraction of sp³-hybridized carbons (Fsp3) is 0.500. The minimum absolute atomic E-state index is 0.00585. The van der Waals surface area contributed by atoms with Crippen LogP contribution in [0, 0.1) is 0 Å². The zero-order chi connectivity index (χ0) is 22.3. The number of carbonyl (C=O) groups excluding carboxylic acids is 1. The summed E-state index contributed by atoms with van der Waals surface area (Å²) in [5.41, 5.74) is 2.38. The highest BCUT2D eigenvalue weighted by Crippen LogP contribution is 2.37. The monoisotopic (exact) mass is 473 g/mol. The number of carbonyl (C=O) groups is 1. The Morgan fingerprint density at radius 1 is 0.938 bits per heavy atom. The largest absolute Gasteiger partial charge is 0.355 e. The molecule has 4 nitrogen and oxygen atoms in total. The lowest BCUT2D eigenvalue weighted by molar-refractivity contribution is -0.125. The Bertz CT molecular complexity index is 864. The third-order valence-electron chi connectivity index (χ3n) is 6.84. The van der Waals surface area contributed by atoms with E-state index in [1.54, 1.807) is 0 Å². The fourth-order valence-electron chi connectivity index (χ4n) is 5.11. The van der Waals surface area contributed by atoms with Crippen LogP contribution < -0.4 is 5.32 Å². The van der Waals surface area contributed by atoms with Crippen molar-refractivity contribution in [2.75, 3.05) is 32.7 Å². The second-order valence-corrected chi connectivity index (χ2v) is 9.82. The van der Waals surface area contributed by atoms with Crippen LogP contribution in [0.25, 0.3) is 0 Å². The van der Waals surface area contributed by atoms with Crippen LogP contribution in [0.2, 0.25) is 10.0 Å². The SMILES string of the molecule is O=C(NCCCN1CCC(c2c(Cl)cccc2Cl)CC1)C1CCCN1Cc1ccccc1. The molecular formula is C26H33Cl2N3O. The third kappa shape index (κ3) is 6.05. The molecule has 2 fully saturated rings. The summed E-state index contributed by atoms with van der Waals surface area (Å²) >= 11 is 12.8. The van der Waals surface area contributed by atoms with Crippen molar-refractivity contribution in [1.29, 1.82) is 0 Å². The summed E-state index contributed by atoms with van der Waals surface area (Å²) in [5, 5.41) is 4.76. The molecule has 32 heavy (non-hydrogen) atoms. The van der Waals surface area contributed by atoms with Gasteiger partial charge in [0.05, 0.1) is 6.04 Å². The van der Waals surface area contributed by atoms with E-state index < -0.39 is 0 Å². The molecule has 0 aliphatic carbocycles. The van der Waals surface area contributed by atoms with Crippen molar-refractivity contribution in [3.05, 3.63) is 69.7 Å². The summed E-state index contributed by atoms with van der Waals surface area (Å²) in [4.78, 5) is 17.6. The maximum Gasteiger partial charge on any atom is 0.237 e. The summed E-state index contributed by atoms with van der Waals surface area (Å²) in [7, 11) is 0. The first kappa shape index (κ1) is 23.6. The van der Waals surface area contributed by atoms with Crippen LogP contribution in [-0.4, -0.2) is 54.5 Å². The van der Waals surface area contributed by atoms with E-state index in [9.17, 15) is 4.79 Å². The number of hydrogen-bond donors (Lipinski definition) is 1. The third-order valence-corrected chi connectivity index (χ3v) is 7.50. The molecule has 2 aromatic rings. The molecule has 2 aliphatic rings. The molecule has 172 valence electrons. The quantitative estimate of drug-likeness (QED) is 0.525. The highest BCUT2D eigenvalue weighted by molar-refractivity contribution is 6.36. The minimum atomic E-state index is 0.00585. The molecule has 1 unspecified atom stereocenters. The van der Waals surface area contributed by atoms with Crippen LogP contribution in [0.5, 0.6) is 0 Å². The van der Waals surface area contributed by atoms with E-state index >= 15 is 0 Å². The van der Waals surface area contributed by atoms with Crippen LogP contribution in [0.4, 0.5) is 0 Å². The smallest absolute Gasteiger partial charge is 0.237 e. The van der Waals surface area contributed by atoms with E-state index in [0.717, 1.165) is 87.0 Å². The summed E-state index contributed by atoms with van der Waals surface area (Å²) in [6.45, 7) is 5.70. The summed E-state index contributed by atoms with van der Waals surface area (Å²) in [5.74, 6) is 0.621. The Hall–Kier alpha value is -1.59. The van der Waals surface area contributed by atoms with Crippen LogP contribution in [0.15, 0.2) is 48.5 Å². The first-order valence-corrected chi connectivity index (χ1v) is 12.6. The number of piperidine rings is 1. The predicted molar refractivity (Wildman–Crippen MR) is 132 cm³/mol. The van der Waals surface area contributed by atoms with Gasteiger partial charge in [0.15, 0.2) is 0 Å². The summed E-state index contributed by atoms with van der Waals surface area (Å²) < 4.78 is 0. The van der Waals surface area contributed by atoms with Crippen LogP contribution in [-0.2, 0) is 11.3 Å². The first-order valence-electron chi connectivity index (χ1n) is 11.8. The number of amides is 1. The molecule has 0 spiro atoms. The molecule has 0 radical (unpaired) electrons. The van der Waals surface area contributed by atoms with E-state index in [-0.39, 0.29) is 11.9 Å². The summed E-state index contributed by atoms with van der Waals surface area (Å²) in [6, 6.07) is 16.2. The minimum Gasteiger partial charge on any atom is -0.355 e. The average molecular weight is 474 g/mol. The van der Waals surface area contributed by atoms with Gasteiger partial charge in [-0.05, 0) is 87.5 Å². The molecule has 6 heteroatoms. The van der Waals surface area contributed by atoms with E-state index in [1.165, 1.54) is 5.56 Å². The maximum absolute atomic E-state index is 12.8. The highest BCUT2D eigenvalue weighted by Gasteiger charge is 2.30. The molecule has 1 atom stereocenters. The van der Waals surface area contributed by atoms with Crippen molar-refractivity contribution in [2.45, 2.75) is 50.6 Å². The second kappa shape index (κ2) is 11.5. The first-order chi connectivity index (χ1) is 15.6. The van der Waals surface area contributed by atoms with Crippen molar-refractivity contribution >= 4 is 29.1 Å². The normalized spacial score (nSPS) is 20.5. The molecule has 4 rings (SSSR count). The van der Waals surface area contributed by atoms with Crippen molar-refractivity contribution in [3.63, 3.8) is 0 Å². The molecule has 1 amide bonds. The molecule has 0 aromatic heterocycles. The number of benzene rings is 2. The highest BCUT2D eigenvalue weighted by atomic mass is 35.5. The Balaban J connectivity index is 1.16. The van der Waals surface area contributed by atoms with Crippen molar-refractivity contribution in [2.24, 2.45) is 0 Å². The molecule has 1 N–H and O–H groups in total. The van der Waals surface area contributed by atoms with E-state index in [0.29, 0.717) is 5.92 Å². The van der Waals surface area contributed by atoms with Crippen molar-refractivity contribution < 1.29 is 4.79 Å². The molecule has 0 saturated carbocycles. The van der Waals surface area contributed by atoms with Gasteiger partial charge < -0.3 is 10.2 Å². The fourth-order valence-corrected chi connectivity index (χ4v) is 5.81. The number of hydrogen-bond acceptors (Lipinski definition) is 3. The van der Waals surface area contributed by atoms with Gasteiger partial charge in [0.25, 0.3) is 0 Å². The zero-order valence-corrected chi connectivity index (χ0v) is 20.1. The molecular weight excluding hydrogens is 441 g/mol. The van der Waals surface area contributed by atoms with Gasteiger partial charge in [-0.3, -0.25) is 9.69 Å². The number of rotatable bonds is 8. The molecule has 0 bridgehead atoms. The van der Waals surface area contributed by atoms with Gasteiger partial charge in [-0.25, -0.2) is 0 Å². The van der Waals surface area contributed by atoms with Crippen LogP contribution in [0.3, 0.4) is 0 Å². The number of nitrogens with one attached hydrogen (secondary N) is 1. The second-order valence-electron chi connectivity index (χ2n) is 9.01. The lowest BCUT2D eigenvalue weighted by atomic mass is 9.89. The lowest BCUT2D eigenvalue weighted by Gasteiger charge is -2.33. The standard InChI is InChI=1S/C26H33Cl2N3O/c27-22-9-4-10-23(28)25(22)21-12-17-30(18-13-21)15-6-14-29-26(32)24-11-5-16-31(24)19-20-7-2-1-3-8-20/h1-4,7-10,21,24H,5-6,11-19H2,(H,29,32). The molecule has 2 aromatic carbocycles. The number of likely N-dealkylation sites (tertiary alicyclic amines) is 2. The van der Waals surface area contributed by atoms with Gasteiger partial charge in [-0.1, -0.05) is 59.6 Å². The topological polar surface area (TPSA) is 35.6 Å². The lowest BCUT2D eigenvalue weighted by Crippen LogP contribution is -2.43. The van der Waals surface area contributed by atoms with Gasteiger partial charge in [-0.15, -0.1) is 0 Å². The van der Waals surface area contributed by atoms with Gasteiger partial charge in [0, 0.05) is 23.1 Å². The van der Waals surface area contributed by atoms with Crippen molar-refractivity contribution in [3.8, 4) is 0 Å². The van der Waals surface area contributed by atoms with Gasteiger partial charge in [0.2, 0.25) is 5.91 Å². The van der Waals surface area contributed by atoms with E-state index in [1.807, 2.05) is 24.3 Å². The molecule has 2 saturated heterocycles. The maximum atomic E-state index is 12.8. The molecule has 2 aliphatic heterocycles. The van der Waals surface area contributed by atoms with Gasteiger partial charge >= 0.3 is 0 Å². The van der Waals surface area contributed by atoms with Crippen LogP contribution in [0.1, 0.15) is 49.1 Å². The predicted octanol–water partition coefficient (Wildman–Crippen LogP) is 5.34. The van der Waals surface area contributed by atoms with Gasteiger partial charge in [-0.2, -0.15) is 0 Å². The van der Waals surface area contributed by atoms with E-state index in [4.69, 9.17) is 23.2 Å². The Kier molecular flexibility index (Phi) is 8.48. The number of nitrogens with zero attached hydrogens (tertiary/aromatic N) is 2. The Morgan fingerprint density at radius 3 is 2.38 bits per heavy atom. The van der Waals surface area contributed by atoms with Crippen LogP contribution >= 0.6 is 23.2 Å². The average Bonchev–Trinajstić information content (AvgIpc) is 3.26. The van der Waals surface area contributed by atoms with Crippen molar-refractivity contribution in [1.82, 2.24) is 15.1 Å². The van der Waals surface area contributed by atoms with Gasteiger partial charge in [0.1, 0.15) is 0 Å². The van der Waals surface area contributed by atoms with E-state index in [2.05, 4.69) is 39.4 Å². The molecule has 2 heterocycles. The zero-order valence-electron chi connectivity index (χ0n) is 18.6. The Morgan fingerprint density at radius 2 is 1.66 bits per heavy atom.